The Bertz CT molecular complexity index is 391. The Morgan fingerprint density at radius 3 is 2.71 bits per heavy atom. The summed E-state index contributed by atoms with van der Waals surface area (Å²) in [7, 11) is 0. The molecule has 0 bridgehead atoms. The Labute approximate surface area is 94.6 Å². The van der Waals surface area contributed by atoms with Crippen molar-refractivity contribution < 1.29 is 22.4 Å². The van der Waals surface area contributed by atoms with Gasteiger partial charge in [-0.1, -0.05) is 0 Å². The number of hydrogen-bond donors (Lipinski definition) is 1. The van der Waals surface area contributed by atoms with Gasteiger partial charge in [0, 0.05) is 12.7 Å². The van der Waals surface area contributed by atoms with Crippen molar-refractivity contribution in [3.8, 4) is 0 Å². The first-order chi connectivity index (χ1) is 7.84. The summed E-state index contributed by atoms with van der Waals surface area (Å²) >= 11 is 0. The molecule has 1 heterocycles. The number of rotatable bonds is 5. The largest absolute Gasteiger partial charge is 0.383 e. The van der Waals surface area contributed by atoms with E-state index in [1.807, 2.05) is 0 Å². The van der Waals surface area contributed by atoms with Gasteiger partial charge in [0.15, 0.2) is 0 Å². The van der Waals surface area contributed by atoms with Crippen LogP contribution in [0.1, 0.15) is 5.56 Å². The summed E-state index contributed by atoms with van der Waals surface area (Å²) in [6, 6.07) is 0. The lowest BCUT2D eigenvalue weighted by molar-refractivity contribution is -0.169. The molecule has 0 saturated carbocycles. The summed E-state index contributed by atoms with van der Waals surface area (Å²) in [4.78, 5) is 10.7. The van der Waals surface area contributed by atoms with Crippen molar-refractivity contribution in [3.63, 3.8) is 0 Å². The zero-order valence-electron chi connectivity index (χ0n) is 8.96. The van der Waals surface area contributed by atoms with Crippen LogP contribution in [0, 0.1) is 6.92 Å². The third kappa shape index (κ3) is 3.43. The summed E-state index contributed by atoms with van der Waals surface area (Å²) in [5.41, 5.74) is 0.870. The molecule has 0 aliphatic carbocycles. The van der Waals surface area contributed by atoms with Gasteiger partial charge in [0.1, 0.15) is 0 Å². The molecule has 0 fully saturated rings. The van der Waals surface area contributed by atoms with Crippen LogP contribution >= 0.6 is 0 Å². The smallest absolute Gasteiger partial charge is 0.349 e. The van der Waals surface area contributed by atoms with Gasteiger partial charge >= 0.3 is 12.3 Å². The topological polar surface area (TPSA) is 46.9 Å². The molecule has 17 heavy (non-hydrogen) atoms. The molecule has 1 amide bonds. The first kappa shape index (κ1) is 13.5. The molecule has 1 rings (SSSR count). The highest BCUT2D eigenvalue weighted by molar-refractivity contribution is 5.83. The first-order valence-electron chi connectivity index (χ1n) is 4.77. The van der Waals surface area contributed by atoms with Gasteiger partial charge in [-0.25, -0.2) is 8.78 Å². The molecular weight excluding hydrogens is 242 g/mol. The highest BCUT2D eigenvalue weighted by atomic mass is 19.3. The second kappa shape index (κ2) is 5.15. The Morgan fingerprint density at radius 1 is 1.59 bits per heavy atom. The Kier molecular flexibility index (Phi) is 4.08. The highest BCUT2D eigenvalue weighted by Gasteiger charge is 2.48. The minimum Gasteiger partial charge on any atom is -0.349 e. The van der Waals surface area contributed by atoms with Gasteiger partial charge in [0.05, 0.1) is 12.7 Å². The fraction of sp³-hybridized carbons (Fsp3) is 0.556. The third-order valence-electron chi connectivity index (χ3n) is 1.97. The number of alkyl halides is 4. The molecule has 0 unspecified atom stereocenters. The van der Waals surface area contributed by atoms with Crippen LogP contribution in [0.15, 0.2) is 12.4 Å². The SMILES string of the molecule is Cc1cnn(CCNC(=O)C(F)(F)C(F)F)c1. The lowest BCUT2D eigenvalue weighted by Crippen LogP contribution is -2.46. The Hall–Kier alpha value is -1.60. The maximum Gasteiger partial charge on any atom is 0.383 e. The van der Waals surface area contributed by atoms with E-state index < -0.39 is 18.3 Å². The number of halogens is 4. The number of carbonyl (C=O) groups is 1. The summed E-state index contributed by atoms with van der Waals surface area (Å²) in [5.74, 6) is -6.63. The number of aryl methyl sites for hydroxylation is 1. The summed E-state index contributed by atoms with van der Waals surface area (Å²) < 4.78 is 50.0. The van der Waals surface area contributed by atoms with Gasteiger partial charge in [-0.2, -0.15) is 13.9 Å². The van der Waals surface area contributed by atoms with Crippen molar-refractivity contribution in [1.82, 2.24) is 15.1 Å². The second-order valence-electron chi connectivity index (χ2n) is 3.46. The standard InChI is InChI=1S/C9H11F4N3O/c1-6-4-15-16(5-6)3-2-14-8(17)9(12,13)7(10)11/h4-5,7H,2-3H2,1H3,(H,14,17). The van der Waals surface area contributed by atoms with Crippen LogP contribution < -0.4 is 5.32 Å². The molecular formula is C9H11F4N3O. The number of nitrogens with zero attached hydrogens (tertiary/aromatic N) is 2. The molecule has 8 heteroatoms. The predicted octanol–water partition coefficient (Wildman–Crippen LogP) is 1.21. The van der Waals surface area contributed by atoms with Gasteiger partial charge in [0.25, 0.3) is 5.91 Å². The van der Waals surface area contributed by atoms with E-state index in [4.69, 9.17) is 0 Å². The van der Waals surface area contributed by atoms with Crippen molar-refractivity contribution in [2.75, 3.05) is 6.54 Å². The van der Waals surface area contributed by atoms with E-state index >= 15 is 0 Å². The lowest BCUT2D eigenvalue weighted by atomic mass is 10.3. The Balaban J connectivity index is 2.39. The lowest BCUT2D eigenvalue weighted by Gasteiger charge is -2.14. The number of hydrogen-bond acceptors (Lipinski definition) is 2. The Morgan fingerprint density at radius 2 is 2.24 bits per heavy atom. The van der Waals surface area contributed by atoms with E-state index in [-0.39, 0.29) is 13.1 Å². The molecule has 0 spiro atoms. The monoisotopic (exact) mass is 253 g/mol. The van der Waals surface area contributed by atoms with E-state index in [1.54, 1.807) is 24.6 Å². The fourth-order valence-corrected chi connectivity index (χ4v) is 1.09. The quantitative estimate of drug-likeness (QED) is 0.802. The average Bonchev–Trinajstić information content (AvgIpc) is 2.63. The van der Waals surface area contributed by atoms with E-state index in [9.17, 15) is 22.4 Å². The maximum absolute atomic E-state index is 12.5. The van der Waals surface area contributed by atoms with Crippen LogP contribution in [0.5, 0.6) is 0 Å². The zero-order valence-corrected chi connectivity index (χ0v) is 8.96. The van der Waals surface area contributed by atoms with Crippen LogP contribution in [0.2, 0.25) is 0 Å². The molecule has 0 atom stereocenters. The summed E-state index contributed by atoms with van der Waals surface area (Å²) in [5, 5.41) is 5.57. The minimum absolute atomic E-state index is 0.138. The number of amides is 1. The number of aromatic nitrogens is 2. The molecule has 1 aromatic heterocycles. The van der Waals surface area contributed by atoms with Crippen LogP contribution in [-0.4, -0.2) is 34.6 Å². The van der Waals surface area contributed by atoms with Gasteiger partial charge in [-0.15, -0.1) is 0 Å². The molecule has 96 valence electrons. The van der Waals surface area contributed by atoms with E-state index in [2.05, 4.69) is 5.10 Å². The van der Waals surface area contributed by atoms with Crippen molar-refractivity contribution in [3.05, 3.63) is 18.0 Å². The molecule has 0 saturated heterocycles. The molecule has 0 aliphatic rings. The average molecular weight is 253 g/mol. The fourth-order valence-electron chi connectivity index (χ4n) is 1.09. The van der Waals surface area contributed by atoms with Gasteiger partial charge in [-0.05, 0) is 12.5 Å². The van der Waals surface area contributed by atoms with Gasteiger partial charge in [0.2, 0.25) is 0 Å². The highest BCUT2D eigenvalue weighted by Crippen LogP contribution is 2.22. The zero-order chi connectivity index (χ0) is 13.1. The van der Waals surface area contributed by atoms with Crippen molar-refractivity contribution in [1.29, 1.82) is 0 Å². The molecule has 0 radical (unpaired) electrons. The van der Waals surface area contributed by atoms with Crippen molar-refractivity contribution >= 4 is 5.91 Å². The van der Waals surface area contributed by atoms with Crippen LogP contribution in [-0.2, 0) is 11.3 Å². The van der Waals surface area contributed by atoms with Crippen molar-refractivity contribution in [2.45, 2.75) is 25.8 Å². The molecule has 0 aliphatic heterocycles. The van der Waals surface area contributed by atoms with E-state index in [0.29, 0.717) is 0 Å². The van der Waals surface area contributed by atoms with Crippen LogP contribution in [0.3, 0.4) is 0 Å². The normalized spacial score (nSPS) is 11.9. The van der Waals surface area contributed by atoms with Crippen LogP contribution in [0.25, 0.3) is 0 Å². The summed E-state index contributed by atoms with van der Waals surface area (Å²) in [6.07, 6.45) is -0.818. The number of carbonyl (C=O) groups excluding carboxylic acids is 1. The van der Waals surface area contributed by atoms with Gasteiger partial charge in [-0.3, -0.25) is 9.48 Å². The summed E-state index contributed by atoms with van der Waals surface area (Å²) in [6.45, 7) is 1.73. The van der Waals surface area contributed by atoms with E-state index in [1.165, 1.54) is 4.68 Å². The molecule has 1 N–H and O–H groups in total. The van der Waals surface area contributed by atoms with Crippen LogP contribution in [0.4, 0.5) is 17.6 Å². The van der Waals surface area contributed by atoms with Gasteiger partial charge < -0.3 is 5.32 Å². The van der Waals surface area contributed by atoms with E-state index in [0.717, 1.165) is 5.56 Å². The minimum atomic E-state index is -4.65. The molecule has 0 aromatic carbocycles. The second-order valence-corrected chi connectivity index (χ2v) is 3.46. The maximum atomic E-state index is 12.5. The molecule has 4 nitrogen and oxygen atoms in total. The number of nitrogens with one attached hydrogen (secondary N) is 1. The predicted molar refractivity (Wildman–Crippen MR) is 50.9 cm³/mol. The van der Waals surface area contributed by atoms with Crippen molar-refractivity contribution in [2.24, 2.45) is 0 Å². The third-order valence-corrected chi connectivity index (χ3v) is 1.97. The molecule has 1 aromatic rings. The first-order valence-corrected chi connectivity index (χ1v) is 4.77.